The van der Waals surface area contributed by atoms with Gasteiger partial charge in [-0.3, -0.25) is 4.79 Å². The van der Waals surface area contributed by atoms with Crippen LogP contribution < -0.4 is 10.6 Å². The van der Waals surface area contributed by atoms with E-state index in [0.717, 1.165) is 5.52 Å². The van der Waals surface area contributed by atoms with Gasteiger partial charge < -0.3 is 20.3 Å². The quantitative estimate of drug-likeness (QED) is 0.735. The van der Waals surface area contributed by atoms with E-state index in [1.165, 1.54) is 0 Å². The van der Waals surface area contributed by atoms with Crippen molar-refractivity contribution in [3.8, 4) is 0 Å². The Morgan fingerprint density at radius 1 is 1.27 bits per heavy atom. The summed E-state index contributed by atoms with van der Waals surface area (Å²) >= 11 is 5.88. The average molecular weight is 373 g/mol. The zero-order valence-corrected chi connectivity index (χ0v) is 15.7. The van der Waals surface area contributed by atoms with Gasteiger partial charge in [0.2, 0.25) is 5.95 Å². The van der Waals surface area contributed by atoms with Gasteiger partial charge in [0, 0.05) is 23.3 Å². The van der Waals surface area contributed by atoms with E-state index in [2.05, 4.69) is 4.98 Å². The Morgan fingerprint density at radius 2 is 1.92 bits per heavy atom. The third-order valence-electron chi connectivity index (χ3n) is 4.09. The van der Waals surface area contributed by atoms with Crippen LogP contribution in [0.3, 0.4) is 0 Å². The van der Waals surface area contributed by atoms with Crippen molar-refractivity contribution >= 4 is 40.2 Å². The lowest BCUT2D eigenvalue weighted by Crippen LogP contribution is -2.27. The molecule has 1 amide bonds. The van der Waals surface area contributed by atoms with E-state index < -0.39 is 5.60 Å². The summed E-state index contributed by atoms with van der Waals surface area (Å²) in [6.07, 6.45) is 0. The molecule has 0 bridgehead atoms. The minimum Gasteiger partial charge on any atom is -0.389 e. The van der Waals surface area contributed by atoms with Crippen LogP contribution in [0.2, 0.25) is 5.02 Å². The van der Waals surface area contributed by atoms with Crippen molar-refractivity contribution in [1.82, 2.24) is 9.55 Å². The van der Waals surface area contributed by atoms with Crippen LogP contribution in [-0.2, 0) is 6.54 Å². The normalized spacial score (nSPS) is 11.7. The number of hydrogen-bond donors (Lipinski definition) is 2. The number of imidazole rings is 1. The second-order valence-corrected chi connectivity index (χ2v) is 7.35. The van der Waals surface area contributed by atoms with Crippen LogP contribution in [-0.4, -0.2) is 33.2 Å². The van der Waals surface area contributed by atoms with Gasteiger partial charge in [0.1, 0.15) is 0 Å². The second kappa shape index (κ2) is 6.63. The Bertz CT molecular complexity index is 958. The molecule has 136 valence electrons. The number of halogens is 1. The molecule has 0 saturated carbocycles. The van der Waals surface area contributed by atoms with Crippen LogP contribution in [0.1, 0.15) is 24.2 Å². The molecule has 0 saturated heterocycles. The first-order chi connectivity index (χ1) is 12.2. The number of carbonyl (C=O) groups excluding carboxylic acids is 1. The first-order valence-electron chi connectivity index (χ1n) is 8.17. The third kappa shape index (κ3) is 3.66. The summed E-state index contributed by atoms with van der Waals surface area (Å²) in [7, 11) is 1.70. The molecule has 3 rings (SSSR count). The van der Waals surface area contributed by atoms with Crippen molar-refractivity contribution in [2.24, 2.45) is 0 Å². The third-order valence-corrected chi connectivity index (χ3v) is 4.34. The highest BCUT2D eigenvalue weighted by Crippen LogP contribution is 2.26. The summed E-state index contributed by atoms with van der Waals surface area (Å²) in [4.78, 5) is 18.6. The average Bonchev–Trinajstić information content (AvgIpc) is 2.87. The number of aliphatic hydroxyl groups is 1. The van der Waals surface area contributed by atoms with E-state index in [-0.39, 0.29) is 5.91 Å². The molecule has 0 fully saturated rings. The topological polar surface area (TPSA) is 84.4 Å². The molecule has 3 aromatic rings. The Hall–Kier alpha value is -2.57. The van der Waals surface area contributed by atoms with E-state index in [1.54, 1.807) is 60.7 Å². The minimum absolute atomic E-state index is 0.148. The van der Waals surface area contributed by atoms with Crippen LogP contribution in [0, 0.1) is 0 Å². The number of hydrogen-bond acceptors (Lipinski definition) is 4. The van der Waals surface area contributed by atoms with E-state index in [0.29, 0.717) is 34.3 Å². The number of anilines is 2. The molecule has 1 heterocycles. The van der Waals surface area contributed by atoms with Crippen molar-refractivity contribution in [2.75, 3.05) is 17.7 Å². The summed E-state index contributed by atoms with van der Waals surface area (Å²) < 4.78 is 1.76. The molecule has 3 N–H and O–H groups in total. The maximum atomic E-state index is 12.7. The van der Waals surface area contributed by atoms with Crippen molar-refractivity contribution in [2.45, 2.75) is 26.0 Å². The lowest BCUT2D eigenvalue weighted by atomic mass is 10.1. The molecule has 0 unspecified atom stereocenters. The van der Waals surface area contributed by atoms with Gasteiger partial charge in [0.05, 0.1) is 23.2 Å². The lowest BCUT2D eigenvalue weighted by Gasteiger charge is -2.20. The highest BCUT2D eigenvalue weighted by atomic mass is 35.5. The number of nitrogens with two attached hydrogens (primary N) is 1. The molecule has 0 atom stereocenters. The van der Waals surface area contributed by atoms with Crippen LogP contribution in [0.25, 0.3) is 11.0 Å². The Morgan fingerprint density at radius 3 is 2.54 bits per heavy atom. The number of carbonyl (C=O) groups is 1. The first-order valence-corrected chi connectivity index (χ1v) is 8.55. The van der Waals surface area contributed by atoms with E-state index in [9.17, 15) is 9.90 Å². The van der Waals surface area contributed by atoms with Crippen molar-refractivity contribution < 1.29 is 9.90 Å². The zero-order valence-electron chi connectivity index (χ0n) is 14.9. The summed E-state index contributed by atoms with van der Waals surface area (Å²) in [5.41, 5.74) is 7.80. The van der Waals surface area contributed by atoms with Crippen LogP contribution in [0.4, 0.5) is 11.6 Å². The maximum Gasteiger partial charge on any atom is 0.258 e. The number of rotatable bonds is 4. The Kier molecular flexibility index (Phi) is 4.64. The van der Waals surface area contributed by atoms with Crippen molar-refractivity contribution in [1.29, 1.82) is 0 Å². The monoisotopic (exact) mass is 372 g/mol. The number of amides is 1. The predicted octanol–water partition coefficient (Wildman–Crippen LogP) is 3.32. The molecule has 0 aliphatic carbocycles. The summed E-state index contributed by atoms with van der Waals surface area (Å²) in [5, 5.41) is 10.6. The molecular formula is C19H21ClN4O2. The number of fused-ring (bicyclic) bond motifs is 1. The summed E-state index contributed by atoms with van der Waals surface area (Å²) in [6, 6.07) is 12.2. The van der Waals surface area contributed by atoms with Crippen LogP contribution in [0.15, 0.2) is 42.5 Å². The molecule has 0 radical (unpaired) electrons. The van der Waals surface area contributed by atoms with Crippen LogP contribution in [0.5, 0.6) is 0 Å². The number of nitrogens with zero attached hydrogens (tertiary/aromatic N) is 3. The van der Waals surface area contributed by atoms with E-state index >= 15 is 0 Å². The van der Waals surface area contributed by atoms with Gasteiger partial charge >= 0.3 is 0 Å². The fourth-order valence-electron chi connectivity index (χ4n) is 2.80. The standard InChI is InChI=1S/C19H21ClN4O2/c1-19(2,26)11-24-16-9-8-14(10-15(16)22-18(24)21)23(3)17(25)12-4-6-13(20)7-5-12/h4-10,26H,11H2,1-3H3,(H2,21,22). The zero-order chi connectivity index (χ0) is 19.1. The van der Waals surface area contributed by atoms with Crippen LogP contribution >= 0.6 is 11.6 Å². The van der Waals surface area contributed by atoms with Crippen molar-refractivity contribution in [3.05, 3.63) is 53.1 Å². The molecule has 1 aromatic heterocycles. The number of nitrogen functional groups attached to an aromatic ring is 1. The smallest absolute Gasteiger partial charge is 0.258 e. The molecule has 26 heavy (non-hydrogen) atoms. The summed E-state index contributed by atoms with van der Waals surface area (Å²) in [6.45, 7) is 3.75. The van der Waals surface area contributed by atoms with Gasteiger partial charge in [-0.1, -0.05) is 11.6 Å². The largest absolute Gasteiger partial charge is 0.389 e. The van der Waals surface area contributed by atoms with Gasteiger partial charge in [0.15, 0.2) is 0 Å². The van der Waals surface area contributed by atoms with Gasteiger partial charge in [-0.15, -0.1) is 0 Å². The Labute approximate surface area is 156 Å². The SMILES string of the molecule is CN(C(=O)c1ccc(Cl)cc1)c1ccc2c(c1)nc(N)n2CC(C)(C)O. The Balaban J connectivity index is 1.94. The molecule has 0 aliphatic rings. The molecule has 0 spiro atoms. The lowest BCUT2D eigenvalue weighted by molar-refractivity contribution is 0.0632. The molecular weight excluding hydrogens is 352 g/mol. The highest BCUT2D eigenvalue weighted by molar-refractivity contribution is 6.30. The number of aromatic nitrogens is 2. The van der Waals surface area contributed by atoms with Crippen molar-refractivity contribution in [3.63, 3.8) is 0 Å². The maximum absolute atomic E-state index is 12.7. The predicted molar refractivity (Wildman–Crippen MR) is 105 cm³/mol. The molecule has 6 nitrogen and oxygen atoms in total. The highest BCUT2D eigenvalue weighted by Gasteiger charge is 2.19. The summed E-state index contributed by atoms with van der Waals surface area (Å²) in [5.74, 6) is 0.177. The molecule has 2 aromatic carbocycles. The minimum atomic E-state index is -0.915. The second-order valence-electron chi connectivity index (χ2n) is 6.91. The van der Waals surface area contributed by atoms with E-state index in [4.69, 9.17) is 17.3 Å². The van der Waals surface area contributed by atoms with Gasteiger partial charge in [-0.05, 0) is 56.3 Å². The first kappa shape index (κ1) is 18.2. The van der Waals surface area contributed by atoms with Gasteiger partial charge in [-0.25, -0.2) is 4.98 Å². The molecule has 0 aliphatic heterocycles. The van der Waals surface area contributed by atoms with E-state index in [1.807, 2.05) is 12.1 Å². The molecule has 7 heteroatoms. The number of benzene rings is 2. The van der Waals surface area contributed by atoms with Gasteiger partial charge in [-0.2, -0.15) is 0 Å². The fraction of sp³-hybridized carbons (Fsp3) is 0.263. The fourth-order valence-corrected chi connectivity index (χ4v) is 2.93. The van der Waals surface area contributed by atoms with Gasteiger partial charge in [0.25, 0.3) is 5.91 Å².